The number of aromatic nitrogens is 2. The maximum Gasteiger partial charge on any atom is 0.323 e. The third-order valence-corrected chi connectivity index (χ3v) is 4.00. The van der Waals surface area contributed by atoms with E-state index in [1.807, 2.05) is 25.1 Å². The zero-order valence-electron chi connectivity index (χ0n) is 13.6. The summed E-state index contributed by atoms with van der Waals surface area (Å²) in [6.45, 7) is 3.38. The van der Waals surface area contributed by atoms with Gasteiger partial charge in [0.2, 0.25) is 11.7 Å². The molecule has 0 aliphatic carbocycles. The molecule has 3 rings (SSSR count). The van der Waals surface area contributed by atoms with Crippen molar-refractivity contribution in [3.63, 3.8) is 0 Å². The first kappa shape index (κ1) is 16.4. The Morgan fingerprint density at radius 2 is 2.33 bits per heavy atom. The van der Waals surface area contributed by atoms with Gasteiger partial charge in [-0.25, -0.2) is 0 Å². The molecule has 1 aliphatic rings. The lowest BCUT2D eigenvalue weighted by Gasteiger charge is -2.31. The van der Waals surface area contributed by atoms with E-state index in [2.05, 4.69) is 10.1 Å². The fourth-order valence-electron chi connectivity index (χ4n) is 2.62. The van der Waals surface area contributed by atoms with Crippen molar-refractivity contribution in [2.75, 3.05) is 26.9 Å². The Morgan fingerprint density at radius 1 is 1.50 bits per heavy atom. The summed E-state index contributed by atoms with van der Waals surface area (Å²) in [5.41, 5.74) is 1.80. The van der Waals surface area contributed by atoms with Crippen molar-refractivity contribution >= 4 is 5.97 Å². The first-order valence-electron chi connectivity index (χ1n) is 7.60. The molecule has 0 bridgehead atoms. The van der Waals surface area contributed by atoms with Gasteiger partial charge in [-0.05, 0) is 18.6 Å². The lowest BCUT2D eigenvalue weighted by Crippen LogP contribution is -2.49. The van der Waals surface area contributed by atoms with E-state index in [4.69, 9.17) is 14.0 Å². The Hall–Kier alpha value is -2.45. The Kier molecular flexibility index (Phi) is 4.77. The molecule has 1 saturated heterocycles. The smallest absolute Gasteiger partial charge is 0.323 e. The normalized spacial score (nSPS) is 18.5. The first-order valence-corrected chi connectivity index (χ1v) is 7.60. The second kappa shape index (κ2) is 6.98. The van der Waals surface area contributed by atoms with Crippen LogP contribution in [0.2, 0.25) is 0 Å². The Morgan fingerprint density at radius 3 is 3.08 bits per heavy atom. The van der Waals surface area contributed by atoms with E-state index < -0.39 is 12.0 Å². The summed E-state index contributed by atoms with van der Waals surface area (Å²) < 4.78 is 15.8. The van der Waals surface area contributed by atoms with Crippen LogP contribution in [-0.4, -0.2) is 59.0 Å². The molecule has 8 heteroatoms. The Bertz CT molecular complexity index is 730. The van der Waals surface area contributed by atoms with Crippen LogP contribution in [-0.2, 0) is 16.1 Å². The molecule has 0 saturated carbocycles. The number of hydrogen-bond donors (Lipinski definition) is 1. The predicted octanol–water partition coefficient (Wildman–Crippen LogP) is 1.34. The van der Waals surface area contributed by atoms with Crippen molar-refractivity contribution in [2.24, 2.45) is 0 Å². The van der Waals surface area contributed by atoms with E-state index in [0.29, 0.717) is 24.9 Å². The third-order valence-electron chi connectivity index (χ3n) is 4.00. The lowest BCUT2D eigenvalue weighted by atomic mass is 10.1. The van der Waals surface area contributed by atoms with Crippen LogP contribution in [0.1, 0.15) is 11.5 Å². The van der Waals surface area contributed by atoms with Crippen molar-refractivity contribution in [2.45, 2.75) is 19.5 Å². The molecule has 0 amide bonds. The summed E-state index contributed by atoms with van der Waals surface area (Å²) in [4.78, 5) is 17.4. The molecule has 0 unspecified atom stereocenters. The molecule has 1 atom stereocenters. The maximum absolute atomic E-state index is 11.3. The number of aliphatic carboxylic acids is 1. The first-order chi connectivity index (χ1) is 11.6. The van der Waals surface area contributed by atoms with Gasteiger partial charge in [0.05, 0.1) is 26.9 Å². The van der Waals surface area contributed by atoms with Crippen LogP contribution < -0.4 is 4.74 Å². The molecule has 0 spiro atoms. The van der Waals surface area contributed by atoms with Crippen molar-refractivity contribution in [1.82, 2.24) is 15.0 Å². The summed E-state index contributed by atoms with van der Waals surface area (Å²) in [5, 5.41) is 13.2. The minimum absolute atomic E-state index is 0.158. The largest absolute Gasteiger partial charge is 0.496 e. The number of aryl methyl sites for hydroxylation is 1. The van der Waals surface area contributed by atoms with Gasteiger partial charge >= 0.3 is 5.97 Å². The highest BCUT2D eigenvalue weighted by Gasteiger charge is 2.30. The number of nitrogens with zero attached hydrogens (tertiary/aromatic N) is 3. The summed E-state index contributed by atoms with van der Waals surface area (Å²) in [6.07, 6.45) is 0. The number of rotatable bonds is 5. The standard InChI is InChI=1S/C16H19N3O5/c1-10-3-4-11(7-13(10)22-2)15-17-14(24-18-15)8-19-5-6-23-9-12(19)16(20)21/h3-4,7,12H,5-6,8-9H2,1-2H3,(H,20,21)/t12-/m1/s1. The second-order valence-electron chi connectivity index (χ2n) is 5.60. The lowest BCUT2D eigenvalue weighted by molar-refractivity contribution is -0.150. The van der Waals surface area contributed by atoms with Gasteiger partial charge in [0, 0.05) is 12.1 Å². The zero-order valence-corrected chi connectivity index (χ0v) is 13.6. The van der Waals surface area contributed by atoms with Crippen LogP contribution in [0.15, 0.2) is 22.7 Å². The maximum atomic E-state index is 11.3. The van der Waals surface area contributed by atoms with Gasteiger partial charge in [0.1, 0.15) is 11.8 Å². The average Bonchev–Trinajstić information content (AvgIpc) is 3.04. The number of carboxylic acids is 1. The summed E-state index contributed by atoms with van der Waals surface area (Å²) in [7, 11) is 1.61. The van der Waals surface area contributed by atoms with Crippen molar-refractivity contribution in [3.05, 3.63) is 29.7 Å². The van der Waals surface area contributed by atoms with Crippen LogP contribution in [0.5, 0.6) is 5.75 Å². The highest BCUT2D eigenvalue weighted by molar-refractivity contribution is 5.73. The van der Waals surface area contributed by atoms with Crippen LogP contribution >= 0.6 is 0 Å². The molecule has 2 aromatic rings. The fourth-order valence-corrected chi connectivity index (χ4v) is 2.62. The molecule has 1 aromatic carbocycles. The molecule has 1 fully saturated rings. The fraction of sp³-hybridized carbons (Fsp3) is 0.438. The highest BCUT2D eigenvalue weighted by Crippen LogP contribution is 2.25. The van der Waals surface area contributed by atoms with E-state index in [0.717, 1.165) is 16.9 Å². The summed E-state index contributed by atoms with van der Waals surface area (Å²) in [6, 6.07) is 4.96. The number of hydrogen-bond acceptors (Lipinski definition) is 7. The molecular weight excluding hydrogens is 314 g/mol. The molecule has 1 aromatic heterocycles. The van der Waals surface area contributed by atoms with E-state index in [1.54, 1.807) is 12.0 Å². The van der Waals surface area contributed by atoms with Gasteiger partial charge in [-0.2, -0.15) is 4.98 Å². The van der Waals surface area contributed by atoms with Crippen molar-refractivity contribution in [3.8, 4) is 17.1 Å². The monoisotopic (exact) mass is 333 g/mol. The van der Waals surface area contributed by atoms with E-state index >= 15 is 0 Å². The van der Waals surface area contributed by atoms with Crippen LogP contribution in [0.25, 0.3) is 11.4 Å². The zero-order chi connectivity index (χ0) is 17.1. The van der Waals surface area contributed by atoms with Gasteiger partial charge in [0.25, 0.3) is 0 Å². The highest BCUT2D eigenvalue weighted by atomic mass is 16.5. The summed E-state index contributed by atoms with van der Waals surface area (Å²) in [5.74, 6) is 0.650. The van der Waals surface area contributed by atoms with E-state index in [1.165, 1.54) is 0 Å². The van der Waals surface area contributed by atoms with E-state index in [-0.39, 0.29) is 13.2 Å². The Labute approximate surface area is 139 Å². The van der Waals surface area contributed by atoms with Crippen molar-refractivity contribution < 1.29 is 23.9 Å². The molecular formula is C16H19N3O5. The number of carbonyl (C=O) groups is 1. The molecule has 24 heavy (non-hydrogen) atoms. The quantitative estimate of drug-likeness (QED) is 0.875. The molecule has 1 aliphatic heterocycles. The minimum Gasteiger partial charge on any atom is -0.496 e. The van der Waals surface area contributed by atoms with Gasteiger partial charge in [0.15, 0.2) is 0 Å². The van der Waals surface area contributed by atoms with Crippen molar-refractivity contribution in [1.29, 1.82) is 0 Å². The van der Waals surface area contributed by atoms with Gasteiger partial charge < -0.3 is 19.1 Å². The summed E-state index contributed by atoms with van der Waals surface area (Å²) >= 11 is 0. The van der Waals surface area contributed by atoms with Crippen LogP contribution in [0, 0.1) is 6.92 Å². The Balaban J connectivity index is 1.77. The number of ether oxygens (including phenoxy) is 2. The second-order valence-corrected chi connectivity index (χ2v) is 5.60. The minimum atomic E-state index is -0.919. The molecule has 2 heterocycles. The van der Waals surface area contributed by atoms with Gasteiger partial charge in [-0.15, -0.1) is 0 Å². The predicted molar refractivity (Wildman–Crippen MR) is 83.7 cm³/mol. The van der Waals surface area contributed by atoms with Crippen LogP contribution in [0.4, 0.5) is 0 Å². The number of morpholine rings is 1. The SMILES string of the molecule is COc1cc(-c2noc(CN3CCOC[C@@H]3C(=O)O)n2)ccc1C. The molecule has 8 nitrogen and oxygen atoms in total. The molecule has 128 valence electrons. The average molecular weight is 333 g/mol. The van der Waals surface area contributed by atoms with Crippen LogP contribution in [0.3, 0.4) is 0 Å². The van der Waals surface area contributed by atoms with Gasteiger partial charge in [-0.1, -0.05) is 17.3 Å². The number of benzene rings is 1. The number of methoxy groups -OCH3 is 1. The molecule has 0 radical (unpaired) electrons. The topological polar surface area (TPSA) is 97.9 Å². The van der Waals surface area contributed by atoms with E-state index in [9.17, 15) is 9.90 Å². The molecule has 1 N–H and O–H groups in total. The number of carboxylic acid groups (broad SMARTS) is 1. The third kappa shape index (κ3) is 3.39. The van der Waals surface area contributed by atoms with Gasteiger partial charge in [-0.3, -0.25) is 9.69 Å².